The van der Waals surface area contributed by atoms with E-state index in [2.05, 4.69) is 28.2 Å². The second-order valence-electron chi connectivity index (χ2n) is 4.60. The molecule has 0 radical (unpaired) electrons. The lowest BCUT2D eigenvalue weighted by Gasteiger charge is -2.18. The first-order chi connectivity index (χ1) is 9.61. The minimum absolute atomic E-state index is 0.0300. The van der Waals surface area contributed by atoms with Crippen molar-refractivity contribution in [1.29, 1.82) is 0 Å². The van der Waals surface area contributed by atoms with E-state index in [1.165, 1.54) is 12.1 Å². The van der Waals surface area contributed by atoms with Crippen molar-refractivity contribution in [3.05, 3.63) is 57.2 Å². The molecule has 0 saturated carbocycles. The molecule has 0 spiro atoms. The average Bonchev–Trinajstić information content (AvgIpc) is 2.84. The Hall–Kier alpha value is -0.840. The van der Waals surface area contributed by atoms with Gasteiger partial charge in [-0.2, -0.15) is 0 Å². The van der Waals surface area contributed by atoms with E-state index in [1.54, 1.807) is 12.3 Å². The van der Waals surface area contributed by atoms with Gasteiger partial charge in [0.05, 0.1) is 6.26 Å². The second-order valence-corrected chi connectivity index (χ2v) is 5.72. The maximum absolute atomic E-state index is 13.4. The fourth-order valence-electron chi connectivity index (χ4n) is 2.08. The third-order valence-electron chi connectivity index (χ3n) is 3.09. The van der Waals surface area contributed by atoms with Gasteiger partial charge in [0.1, 0.15) is 5.82 Å². The molecule has 1 heterocycles. The average molecular weight is 361 g/mol. The number of hydrogen-bond acceptors (Lipinski definition) is 2. The van der Waals surface area contributed by atoms with Crippen LogP contribution in [-0.2, 0) is 6.42 Å². The third-order valence-corrected chi connectivity index (χ3v) is 4.11. The van der Waals surface area contributed by atoms with Crippen LogP contribution in [-0.4, -0.2) is 6.54 Å². The highest BCUT2D eigenvalue weighted by Gasteiger charge is 2.18. The maximum Gasteiger partial charge on any atom is 0.173 e. The fourth-order valence-corrected chi connectivity index (χ4v) is 2.80. The van der Waals surface area contributed by atoms with Crippen molar-refractivity contribution in [2.45, 2.75) is 25.8 Å². The Morgan fingerprint density at radius 3 is 2.85 bits per heavy atom. The van der Waals surface area contributed by atoms with Crippen LogP contribution in [0.25, 0.3) is 0 Å². The Morgan fingerprint density at radius 1 is 1.40 bits per heavy atom. The van der Waals surface area contributed by atoms with Crippen molar-refractivity contribution >= 4 is 27.5 Å². The zero-order chi connectivity index (χ0) is 14.5. The summed E-state index contributed by atoms with van der Waals surface area (Å²) in [5.41, 5.74) is 1.80. The van der Waals surface area contributed by atoms with Crippen molar-refractivity contribution in [3.63, 3.8) is 0 Å². The number of nitrogens with one attached hydrogen (secondary N) is 1. The van der Waals surface area contributed by atoms with Crippen LogP contribution in [0.5, 0.6) is 0 Å². The molecule has 1 aromatic heterocycles. The minimum Gasteiger partial charge on any atom is -0.457 e. The van der Waals surface area contributed by atoms with E-state index in [1.807, 2.05) is 6.07 Å². The van der Waals surface area contributed by atoms with E-state index in [9.17, 15) is 4.39 Å². The van der Waals surface area contributed by atoms with Crippen LogP contribution < -0.4 is 5.32 Å². The summed E-state index contributed by atoms with van der Waals surface area (Å²) >= 11 is 9.54. The van der Waals surface area contributed by atoms with Gasteiger partial charge in [0.15, 0.2) is 4.67 Å². The lowest BCUT2D eigenvalue weighted by atomic mass is 10.0. The van der Waals surface area contributed by atoms with Gasteiger partial charge in [-0.1, -0.05) is 18.5 Å². The molecule has 0 fully saturated rings. The van der Waals surface area contributed by atoms with Gasteiger partial charge in [-0.3, -0.25) is 0 Å². The molecule has 1 unspecified atom stereocenters. The smallest absolute Gasteiger partial charge is 0.173 e. The van der Waals surface area contributed by atoms with Crippen LogP contribution in [0.2, 0.25) is 5.02 Å². The SMILES string of the molecule is CCCNC(Cc1cc(F)ccc1Cl)c1ccoc1Br. The Balaban J connectivity index is 2.23. The number of hydrogen-bond donors (Lipinski definition) is 1. The Labute approximate surface area is 131 Å². The zero-order valence-electron chi connectivity index (χ0n) is 11.1. The van der Waals surface area contributed by atoms with E-state index >= 15 is 0 Å². The molecular formula is C15H16BrClFNO. The number of benzene rings is 1. The Morgan fingerprint density at radius 2 is 2.20 bits per heavy atom. The summed E-state index contributed by atoms with van der Waals surface area (Å²) in [5.74, 6) is -0.273. The molecule has 0 amide bonds. The minimum atomic E-state index is -0.273. The largest absolute Gasteiger partial charge is 0.457 e. The molecule has 5 heteroatoms. The number of halogens is 3. The van der Waals surface area contributed by atoms with E-state index in [0.717, 1.165) is 24.1 Å². The lowest BCUT2D eigenvalue weighted by molar-refractivity contribution is 0.497. The Kier molecular flexibility index (Phi) is 5.64. The summed E-state index contributed by atoms with van der Waals surface area (Å²) in [5, 5.41) is 4.01. The highest BCUT2D eigenvalue weighted by molar-refractivity contribution is 9.10. The van der Waals surface area contributed by atoms with Gasteiger partial charge in [0.25, 0.3) is 0 Å². The van der Waals surface area contributed by atoms with Gasteiger partial charge >= 0.3 is 0 Å². The van der Waals surface area contributed by atoms with Crippen molar-refractivity contribution in [2.75, 3.05) is 6.54 Å². The standard InChI is InChI=1S/C15H16BrClFNO/c1-2-6-19-14(12-5-7-20-15(12)16)9-10-8-11(18)3-4-13(10)17/h3-5,7-8,14,19H,2,6,9H2,1H3. The summed E-state index contributed by atoms with van der Waals surface area (Å²) in [7, 11) is 0. The molecule has 0 bridgehead atoms. The molecule has 0 aliphatic rings. The number of furan rings is 1. The molecule has 2 nitrogen and oxygen atoms in total. The van der Waals surface area contributed by atoms with Crippen LogP contribution in [0, 0.1) is 5.82 Å². The van der Waals surface area contributed by atoms with E-state index in [4.69, 9.17) is 16.0 Å². The van der Waals surface area contributed by atoms with Crippen LogP contribution in [0.1, 0.15) is 30.5 Å². The highest BCUT2D eigenvalue weighted by Crippen LogP contribution is 2.29. The summed E-state index contributed by atoms with van der Waals surface area (Å²) in [4.78, 5) is 0. The lowest BCUT2D eigenvalue weighted by Crippen LogP contribution is -2.24. The van der Waals surface area contributed by atoms with Crippen molar-refractivity contribution in [1.82, 2.24) is 5.32 Å². The van der Waals surface area contributed by atoms with Gasteiger partial charge < -0.3 is 9.73 Å². The molecule has 108 valence electrons. The van der Waals surface area contributed by atoms with E-state index in [0.29, 0.717) is 16.1 Å². The number of rotatable bonds is 6. The van der Waals surface area contributed by atoms with Crippen LogP contribution in [0.3, 0.4) is 0 Å². The topological polar surface area (TPSA) is 25.2 Å². The quantitative estimate of drug-likeness (QED) is 0.773. The molecule has 20 heavy (non-hydrogen) atoms. The van der Waals surface area contributed by atoms with Gasteiger partial charge in [0, 0.05) is 16.6 Å². The zero-order valence-corrected chi connectivity index (χ0v) is 13.5. The Bertz CT molecular complexity index is 573. The monoisotopic (exact) mass is 359 g/mol. The predicted octanol–water partition coefficient (Wildman–Crippen LogP) is 5.12. The molecule has 1 aromatic carbocycles. The van der Waals surface area contributed by atoms with E-state index in [-0.39, 0.29) is 11.9 Å². The van der Waals surface area contributed by atoms with Gasteiger partial charge in [-0.15, -0.1) is 0 Å². The van der Waals surface area contributed by atoms with Crippen molar-refractivity contribution in [3.8, 4) is 0 Å². The van der Waals surface area contributed by atoms with E-state index < -0.39 is 0 Å². The summed E-state index contributed by atoms with van der Waals surface area (Å²) in [6, 6.07) is 6.38. The summed E-state index contributed by atoms with van der Waals surface area (Å²) < 4.78 is 19.3. The molecule has 2 aromatic rings. The van der Waals surface area contributed by atoms with Gasteiger partial charge in [0.2, 0.25) is 0 Å². The molecular weight excluding hydrogens is 345 g/mol. The molecule has 1 N–H and O–H groups in total. The van der Waals surface area contributed by atoms with Crippen molar-refractivity contribution in [2.24, 2.45) is 0 Å². The van der Waals surface area contributed by atoms with Crippen LogP contribution >= 0.6 is 27.5 Å². The molecule has 0 aliphatic carbocycles. The molecule has 1 atom stereocenters. The van der Waals surface area contributed by atoms with Gasteiger partial charge in [-0.05, 0) is 65.1 Å². The van der Waals surface area contributed by atoms with Crippen LogP contribution in [0.15, 0.2) is 39.6 Å². The van der Waals surface area contributed by atoms with Crippen molar-refractivity contribution < 1.29 is 8.81 Å². The summed E-state index contributed by atoms with van der Waals surface area (Å²) in [6.45, 7) is 2.97. The van der Waals surface area contributed by atoms with Crippen LogP contribution in [0.4, 0.5) is 4.39 Å². The fraction of sp³-hybridized carbons (Fsp3) is 0.333. The van der Waals surface area contributed by atoms with Gasteiger partial charge in [-0.25, -0.2) is 4.39 Å². The molecule has 0 saturated heterocycles. The molecule has 2 rings (SSSR count). The first-order valence-corrected chi connectivity index (χ1v) is 7.69. The maximum atomic E-state index is 13.4. The normalized spacial score (nSPS) is 12.6. The highest BCUT2D eigenvalue weighted by atomic mass is 79.9. The molecule has 0 aliphatic heterocycles. The predicted molar refractivity (Wildman–Crippen MR) is 82.6 cm³/mol. The second kappa shape index (κ2) is 7.25. The first kappa shape index (κ1) is 15.5. The summed E-state index contributed by atoms with van der Waals surface area (Å²) in [6.07, 6.45) is 3.25. The first-order valence-electron chi connectivity index (χ1n) is 6.52. The third kappa shape index (κ3) is 3.84.